The molecule has 0 atom stereocenters. The fraction of sp³-hybridized carbons (Fsp3) is 0.214. The Labute approximate surface area is 114 Å². The highest BCUT2D eigenvalue weighted by molar-refractivity contribution is 9.10. The molecule has 1 aromatic heterocycles. The highest BCUT2D eigenvalue weighted by Gasteiger charge is 2.04. The van der Waals surface area contributed by atoms with Crippen molar-refractivity contribution in [3.63, 3.8) is 0 Å². The molecule has 0 saturated carbocycles. The van der Waals surface area contributed by atoms with Crippen molar-refractivity contribution in [2.45, 2.75) is 20.4 Å². The molecule has 0 aliphatic rings. The summed E-state index contributed by atoms with van der Waals surface area (Å²) >= 11 is 3.23. The molecule has 1 aromatic carbocycles. The molecule has 0 fully saturated rings. The first-order valence-corrected chi connectivity index (χ1v) is 6.48. The first kappa shape index (κ1) is 12.9. The molecule has 0 radical (unpaired) electrons. The standard InChI is InChI=1S/C14H15BrN2O/c1-9-3-4-10(2)11(5-9)6-17-7-12(15)14(18)13(16)8-17/h3-5,7-8H,6,16H2,1-2H3. The van der Waals surface area contributed by atoms with Crippen molar-refractivity contribution in [2.24, 2.45) is 0 Å². The molecular weight excluding hydrogens is 292 g/mol. The fourth-order valence-electron chi connectivity index (χ4n) is 1.88. The predicted molar refractivity (Wildman–Crippen MR) is 77.8 cm³/mol. The van der Waals surface area contributed by atoms with Gasteiger partial charge in [0.25, 0.3) is 0 Å². The van der Waals surface area contributed by atoms with Crippen molar-refractivity contribution in [1.82, 2.24) is 4.57 Å². The number of pyridine rings is 1. The van der Waals surface area contributed by atoms with Gasteiger partial charge in [-0.1, -0.05) is 23.8 Å². The van der Waals surface area contributed by atoms with Gasteiger partial charge in [0.15, 0.2) is 0 Å². The second kappa shape index (κ2) is 4.98. The number of nitrogen functional groups attached to an aromatic ring is 1. The van der Waals surface area contributed by atoms with Gasteiger partial charge in [-0.2, -0.15) is 0 Å². The van der Waals surface area contributed by atoms with Gasteiger partial charge in [-0.15, -0.1) is 0 Å². The van der Waals surface area contributed by atoms with E-state index in [2.05, 4.69) is 48.0 Å². The molecule has 0 unspecified atom stereocenters. The summed E-state index contributed by atoms with van der Waals surface area (Å²) in [6, 6.07) is 6.34. The maximum atomic E-state index is 11.5. The summed E-state index contributed by atoms with van der Waals surface area (Å²) < 4.78 is 2.41. The maximum absolute atomic E-state index is 11.5. The van der Waals surface area contributed by atoms with Crippen LogP contribution in [0, 0.1) is 13.8 Å². The van der Waals surface area contributed by atoms with Crippen LogP contribution in [-0.4, -0.2) is 4.57 Å². The average Bonchev–Trinajstić information content (AvgIpc) is 2.31. The lowest BCUT2D eigenvalue weighted by molar-refractivity contribution is 0.782. The Bertz CT molecular complexity index is 620. The van der Waals surface area contributed by atoms with Gasteiger partial charge in [-0.05, 0) is 40.9 Å². The van der Waals surface area contributed by atoms with Crippen LogP contribution in [0.1, 0.15) is 16.7 Å². The molecule has 2 aromatic rings. The first-order chi connectivity index (χ1) is 8.47. The largest absolute Gasteiger partial charge is 0.394 e. The molecular formula is C14H15BrN2O. The van der Waals surface area contributed by atoms with Crippen molar-refractivity contribution in [3.05, 3.63) is 62.0 Å². The summed E-state index contributed by atoms with van der Waals surface area (Å²) in [7, 11) is 0. The smallest absolute Gasteiger partial charge is 0.218 e. The van der Waals surface area contributed by atoms with Crippen LogP contribution in [0.15, 0.2) is 39.9 Å². The molecule has 2 N–H and O–H groups in total. The zero-order valence-corrected chi connectivity index (χ0v) is 12.0. The average molecular weight is 307 g/mol. The Morgan fingerprint density at radius 3 is 2.67 bits per heavy atom. The summed E-state index contributed by atoms with van der Waals surface area (Å²) in [6.45, 7) is 4.85. The lowest BCUT2D eigenvalue weighted by Gasteiger charge is -2.11. The number of anilines is 1. The zero-order valence-electron chi connectivity index (χ0n) is 10.4. The second-order valence-corrected chi connectivity index (χ2v) is 5.35. The van der Waals surface area contributed by atoms with Crippen molar-refractivity contribution >= 4 is 21.6 Å². The van der Waals surface area contributed by atoms with Crippen LogP contribution in [0.25, 0.3) is 0 Å². The van der Waals surface area contributed by atoms with E-state index in [-0.39, 0.29) is 11.1 Å². The van der Waals surface area contributed by atoms with E-state index in [1.807, 2.05) is 4.57 Å². The molecule has 18 heavy (non-hydrogen) atoms. The summed E-state index contributed by atoms with van der Waals surface area (Å²) in [5.74, 6) is 0. The molecule has 0 aliphatic heterocycles. The summed E-state index contributed by atoms with van der Waals surface area (Å²) in [5, 5.41) is 0. The number of hydrogen-bond acceptors (Lipinski definition) is 2. The molecule has 94 valence electrons. The lowest BCUT2D eigenvalue weighted by atomic mass is 10.1. The van der Waals surface area contributed by atoms with Gasteiger partial charge in [-0.3, -0.25) is 4.79 Å². The normalized spacial score (nSPS) is 10.6. The Hall–Kier alpha value is -1.55. The second-order valence-electron chi connectivity index (χ2n) is 4.49. The number of aromatic nitrogens is 1. The molecule has 0 saturated heterocycles. The van der Waals surface area contributed by atoms with Crippen LogP contribution in [0.5, 0.6) is 0 Å². The SMILES string of the molecule is Cc1ccc(C)c(Cn2cc(N)c(=O)c(Br)c2)c1. The number of nitrogens with two attached hydrogens (primary N) is 1. The van der Waals surface area contributed by atoms with Crippen LogP contribution in [0.2, 0.25) is 0 Å². The molecule has 3 nitrogen and oxygen atoms in total. The number of aryl methyl sites for hydroxylation is 2. The van der Waals surface area contributed by atoms with E-state index < -0.39 is 0 Å². The van der Waals surface area contributed by atoms with Crippen LogP contribution in [-0.2, 0) is 6.54 Å². The van der Waals surface area contributed by atoms with Gasteiger partial charge in [-0.25, -0.2) is 0 Å². The maximum Gasteiger partial charge on any atom is 0.218 e. The third-order valence-electron chi connectivity index (χ3n) is 2.92. The number of nitrogens with zero attached hydrogens (tertiary/aromatic N) is 1. The Morgan fingerprint density at radius 2 is 2.00 bits per heavy atom. The molecule has 2 rings (SSSR count). The minimum atomic E-state index is -0.160. The van der Waals surface area contributed by atoms with E-state index in [0.717, 1.165) is 0 Å². The summed E-state index contributed by atoms with van der Waals surface area (Å²) in [4.78, 5) is 11.5. The van der Waals surface area contributed by atoms with E-state index >= 15 is 0 Å². The van der Waals surface area contributed by atoms with Gasteiger partial charge in [0.05, 0.1) is 10.2 Å². The zero-order chi connectivity index (χ0) is 13.3. The van der Waals surface area contributed by atoms with Gasteiger partial charge in [0.1, 0.15) is 0 Å². The molecule has 4 heteroatoms. The van der Waals surface area contributed by atoms with Gasteiger partial charge >= 0.3 is 0 Å². The summed E-state index contributed by atoms with van der Waals surface area (Å²) in [6.07, 6.45) is 3.44. The molecule has 1 heterocycles. The van der Waals surface area contributed by atoms with Crippen molar-refractivity contribution in [2.75, 3.05) is 5.73 Å². The monoisotopic (exact) mass is 306 g/mol. The third kappa shape index (κ3) is 2.64. The number of rotatable bonds is 2. The van der Waals surface area contributed by atoms with Crippen molar-refractivity contribution in [3.8, 4) is 0 Å². The number of hydrogen-bond donors (Lipinski definition) is 1. The number of halogens is 1. The fourth-order valence-corrected chi connectivity index (χ4v) is 2.37. The molecule has 0 amide bonds. The van der Waals surface area contributed by atoms with Crippen LogP contribution >= 0.6 is 15.9 Å². The quantitative estimate of drug-likeness (QED) is 0.927. The van der Waals surface area contributed by atoms with Gasteiger partial charge in [0, 0.05) is 18.9 Å². The van der Waals surface area contributed by atoms with E-state index in [0.29, 0.717) is 11.0 Å². The minimum Gasteiger partial charge on any atom is -0.394 e. The van der Waals surface area contributed by atoms with E-state index in [4.69, 9.17) is 5.73 Å². The summed E-state index contributed by atoms with van der Waals surface area (Å²) in [5.41, 5.74) is 9.46. The minimum absolute atomic E-state index is 0.160. The van der Waals surface area contributed by atoms with Gasteiger partial charge in [0.2, 0.25) is 5.43 Å². The van der Waals surface area contributed by atoms with E-state index in [1.165, 1.54) is 16.7 Å². The Kier molecular flexibility index (Phi) is 3.57. The van der Waals surface area contributed by atoms with Crippen molar-refractivity contribution in [1.29, 1.82) is 0 Å². The molecule has 0 bridgehead atoms. The Morgan fingerprint density at radius 1 is 1.28 bits per heavy atom. The highest BCUT2D eigenvalue weighted by atomic mass is 79.9. The highest BCUT2D eigenvalue weighted by Crippen LogP contribution is 2.14. The van der Waals surface area contributed by atoms with E-state index in [9.17, 15) is 4.79 Å². The van der Waals surface area contributed by atoms with Crippen LogP contribution in [0.3, 0.4) is 0 Å². The van der Waals surface area contributed by atoms with Crippen LogP contribution in [0.4, 0.5) is 5.69 Å². The van der Waals surface area contributed by atoms with Gasteiger partial charge < -0.3 is 10.3 Å². The van der Waals surface area contributed by atoms with Crippen LogP contribution < -0.4 is 11.2 Å². The topological polar surface area (TPSA) is 48.0 Å². The lowest BCUT2D eigenvalue weighted by Crippen LogP contribution is -2.13. The number of benzene rings is 1. The predicted octanol–water partition coefficient (Wildman–Crippen LogP) is 2.86. The molecule has 0 aliphatic carbocycles. The van der Waals surface area contributed by atoms with Crippen molar-refractivity contribution < 1.29 is 0 Å². The first-order valence-electron chi connectivity index (χ1n) is 5.68. The third-order valence-corrected chi connectivity index (χ3v) is 3.49. The van der Waals surface area contributed by atoms with E-state index in [1.54, 1.807) is 12.4 Å². The molecule has 0 spiro atoms. The Balaban J connectivity index is 2.40.